The molecule has 0 radical (unpaired) electrons. The second-order valence-electron chi connectivity index (χ2n) is 6.85. The van der Waals surface area contributed by atoms with Crippen molar-refractivity contribution in [3.8, 4) is 0 Å². The number of carbonyl (C=O) groups excluding carboxylic acids is 1. The van der Waals surface area contributed by atoms with Gasteiger partial charge < -0.3 is 5.32 Å². The Morgan fingerprint density at radius 2 is 1.84 bits per heavy atom. The van der Waals surface area contributed by atoms with Crippen LogP contribution in [0.2, 0.25) is 0 Å². The zero-order valence-electron chi connectivity index (χ0n) is 14.2. The molecule has 0 bridgehead atoms. The van der Waals surface area contributed by atoms with E-state index in [9.17, 15) is 13.6 Å². The SMILES string of the molecule is CC(C)(C)C(=O)Nc1c(F)cc(F)c2c1nnn2Cc1ccccc1. The summed E-state index contributed by atoms with van der Waals surface area (Å²) in [5.41, 5.74) is 0.0575. The molecule has 0 atom stereocenters. The molecule has 3 aromatic rings. The maximum Gasteiger partial charge on any atom is 0.229 e. The molecule has 1 aromatic heterocycles. The summed E-state index contributed by atoms with van der Waals surface area (Å²) >= 11 is 0. The second-order valence-corrected chi connectivity index (χ2v) is 6.85. The summed E-state index contributed by atoms with van der Waals surface area (Å²) in [5.74, 6) is -2.05. The maximum atomic E-state index is 14.3. The zero-order chi connectivity index (χ0) is 18.2. The van der Waals surface area contributed by atoms with Gasteiger partial charge in [-0.25, -0.2) is 13.5 Å². The maximum absolute atomic E-state index is 14.3. The van der Waals surface area contributed by atoms with E-state index in [1.54, 1.807) is 20.8 Å². The van der Waals surface area contributed by atoms with Gasteiger partial charge in [0.1, 0.15) is 16.7 Å². The number of rotatable bonds is 3. The van der Waals surface area contributed by atoms with E-state index in [0.29, 0.717) is 0 Å². The van der Waals surface area contributed by atoms with Gasteiger partial charge in [-0.05, 0) is 5.56 Å². The first-order valence-electron chi connectivity index (χ1n) is 7.84. The summed E-state index contributed by atoms with van der Waals surface area (Å²) in [5, 5.41) is 10.3. The van der Waals surface area contributed by atoms with Crippen LogP contribution in [-0.2, 0) is 11.3 Å². The van der Waals surface area contributed by atoms with Crippen molar-refractivity contribution in [1.82, 2.24) is 15.0 Å². The third-order valence-electron chi connectivity index (χ3n) is 3.79. The first-order chi connectivity index (χ1) is 11.8. The van der Waals surface area contributed by atoms with Crippen molar-refractivity contribution in [2.45, 2.75) is 27.3 Å². The van der Waals surface area contributed by atoms with Crippen molar-refractivity contribution in [2.24, 2.45) is 5.41 Å². The minimum atomic E-state index is -0.880. The molecule has 1 amide bonds. The molecule has 2 aromatic carbocycles. The van der Waals surface area contributed by atoms with Gasteiger partial charge in [0.25, 0.3) is 0 Å². The van der Waals surface area contributed by atoms with Crippen molar-refractivity contribution in [2.75, 3.05) is 5.32 Å². The molecule has 0 unspecified atom stereocenters. The summed E-state index contributed by atoms with van der Waals surface area (Å²) in [4.78, 5) is 12.2. The number of halogens is 2. The average molecular weight is 344 g/mol. The molecule has 5 nitrogen and oxygen atoms in total. The lowest BCUT2D eigenvalue weighted by Crippen LogP contribution is -2.28. The summed E-state index contributed by atoms with van der Waals surface area (Å²) in [7, 11) is 0. The van der Waals surface area contributed by atoms with Crippen molar-refractivity contribution >= 4 is 22.6 Å². The zero-order valence-corrected chi connectivity index (χ0v) is 14.2. The summed E-state index contributed by atoms with van der Waals surface area (Å²) in [6.07, 6.45) is 0. The van der Waals surface area contributed by atoms with Gasteiger partial charge in [-0.2, -0.15) is 0 Å². The highest BCUT2D eigenvalue weighted by Gasteiger charge is 2.26. The molecule has 0 saturated heterocycles. The molecule has 0 spiro atoms. The van der Waals surface area contributed by atoms with E-state index in [0.717, 1.165) is 11.6 Å². The fourth-order valence-electron chi connectivity index (χ4n) is 2.37. The molecule has 0 aliphatic rings. The van der Waals surface area contributed by atoms with E-state index < -0.39 is 23.0 Å². The minimum Gasteiger partial charge on any atom is -0.321 e. The Morgan fingerprint density at radius 1 is 1.16 bits per heavy atom. The number of anilines is 1. The number of aromatic nitrogens is 3. The molecule has 1 heterocycles. The van der Waals surface area contributed by atoms with Crippen LogP contribution in [0.3, 0.4) is 0 Å². The van der Waals surface area contributed by atoms with Gasteiger partial charge >= 0.3 is 0 Å². The van der Waals surface area contributed by atoms with Crippen LogP contribution < -0.4 is 5.32 Å². The fourth-order valence-corrected chi connectivity index (χ4v) is 2.37. The van der Waals surface area contributed by atoms with E-state index in [1.807, 2.05) is 30.3 Å². The van der Waals surface area contributed by atoms with E-state index in [4.69, 9.17) is 0 Å². The number of fused-ring (bicyclic) bond motifs is 1. The number of carbonyl (C=O) groups is 1. The molecule has 0 fully saturated rings. The topological polar surface area (TPSA) is 59.8 Å². The van der Waals surface area contributed by atoms with Gasteiger partial charge in [-0.1, -0.05) is 56.3 Å². The summed E-state index contributed by atoms with van der Waals surface area (Å²) in [6, 6.07) is 10.1. The molecule has 1 N–H and O–H groups in total. The Morgan fingerprint density at radius 3 is 2.48 bits per heavy atom. The van der Waals surface area contributed by atoms with Gasteiger partial charge in [-0.3, -0.25) is 4.79 Å². The highest BCUT2D eigenvalue weighted by molar-refractivity contribution is 6.01. The van der Waals surface area contributed by atoms with Crippen LogP contribution in [0.1, 0.15) is 26.3 Å². The smallest absolute Gasteiger partial charge is 0.229 e. The molecule has 3 rings (SSSR count). The molecule has 25 heavy (non-hydrogen) atoms. The van der Waals surface area contributed by atoms with Crippen LogP contribution in [0.25, 0.3) is 11.0 Å². The molecular weight excluding hydrogens is 326 g/mol. The fraction of sp³-hybridized carbons (Fsp3) is 0.278. The van der Waals surface area contributed by atoms with E-state index in [1.165, 1.54) is 4.68 Å². The van der Waals surface area contributed by atoms with Crippen LogP contribution in [-0.4, -0.2) is 20.9 Å². The predicted molar refractivity (Wildman–Crippen MR) is 91.1 cm³/mol. The first kappa shape index (κ1) is 17.0. The van der Waals surface area contributed by atoms with Crippen molar-refractivity contribution in [3.05, 3.63) is 53.6 Å². The molecule has 130 valence electrons. The van der Waals surface area contributed by atoms with Gasteiger partial charge in [-0.15, -0.1) is 5.10 Å². The van der Waals surface area contributed by atoms with Gasteiger partial charge in [0, 0.05) is 11.5 Å². The number of nitrogens with zero attached hydrogens (tertiary/aromatic N) is 3. The molecule has 7 heteroatoms. The number of hydrogen-bond donors (Lipinski definition) is 1. The van der Waals surface area contributed by atoms with E-state index >= 15 is 0 Å². The largest absolute Gasteiger partial charge is 0.321 e. The Hall–Kier alpha value is -2.83. The Labute approximate surface area is 143 Å². The predicted octanol–water partition coefficient (Wildman–Crippen LogP) is 3.74. The summed E-state index contributed by atoms with van der Waals surface area (Å²) < 4.78 is 29.9. The van der Waals surface area contributed by atoms with Crippen molar-refractivity contribution in [3.63, 3.8) is 0 Å². The minimum absolute atomic E-state index is 0.00830. The van der Waals surface area contributed by atoms with Crippen molar-refractivity contribution < 1.29 is 13.6 Å². The molecule has 0 aliphatic heterocycles. The molecule has 0 saturated carbocycles. The van der Waals surface area contributed by atoms with Crippen LogP contribution >= 0.6 is 0 Å². The van der Waals surface area contributed by atoms with Gasteiger partial charge in [0.2, 0.25) is 5.91 Å². The molecule has 0 aliphatic carbocycles. The number of benzene rings is 2. The number of nitrogens with one attached hydrogen (secondary N) is 1. The third kappa shape index (κ3) is 3.35. The lowest BCUT2D eigenvalue weighted by Gasteiger charge is -2.18. The lowest BCUT2D eigenvalue weighted by molar-refractivity contribution is -0.123. The highest BCUT2D eigenvalue weighted by Crippen LogP contribution is 2.29. The summed E-state index contributed by atoms with van der Waals surface area (Å²) in [6.45, 7) is 5.39. The second kappa shape index (κ2) is 6.23. The lowest BCUT2D eigenvalue weighted by atomic mass is 9.95. The molecular formula is C18H18F2N4O. The quantitative estimate of drug-likeness (QED) is 0.787. The highest BCUT2D eigenvalue weighted by atomic mass is 19.1. The van der Waals surface area contributed by atoms with Gasteiger partial charge in [0.15, 0.2) is 11.6 Å². The standard InChI is InChI=1S/C18H18F2N4O/c1-18(2,3)17(25)21-14-12(19)9-13(20)16-15(14)22-23-24(16)10-11-7-5-4-6-8-11/h4-9H,10H2,1-3H3,(H,21,25). The van der Waals surface area contributed by atoms with Gasteiger partial charge in [0.05, 0.1) is 6.54 Å². The van der Waals surface area contributed by atoms with Crippen LogP contribution in [0.5, 0.6) is 0 Å². The van der Waals surface area contributed by atoms with E-state index in [-0.39, 0.29) is 23.3 Å². The number of hydrogen-bond acceptors (Lipinski definition) is 3. The number of amides is 1. The van der Waals surface area contributed by atoms with E-state index in [2.05, 4.69) is 15.6 Å². The average Bonchev–Trinajstić information content (AvgIpc) is 2.95. The van der Waals surface area contributed by atoms with Crippen LogP contribution in [0.4, 0.5) is 14.5 Å². The van der Waals surface area contributed by atoms with Crippen molar-refractivity contribution in [1.29, 1.82) is 0 Å². The van der Waals surface area contributed by atoms with Crippen LogP contribution in [0.15, 0.2) is 36.4 Å². The first-order valence-corrected chi connectivity index (χ1v) is 7.84. The Balaban J connectivity index is 2.06. The Bertz CT molecular complexity index is 930. The Kier molecular flexibility index (Phi) is 4.24. The normalized spacial score (nSPS) is 11.7. The van der Waals surface area contributed by atoms with Crippen LogP contribution in [0, 0.1) is 17.0 Å². The monoisotopic (exact) mass is 344 g/mol. The third-order valence-corrected chi connectivity index (χ3v) is 3.79.